The topological polar surface area (TPSA) is 76.4 Å². The molecule has 0 aliphatic heterocycles. The van der Waals surface area contributed by atoms with Crippen molar-refractivity contribution in [3.8, 4) is 0 Å². The van der Waals surface area contributed by atoms with Crippen LogP contribution in [0.3, 0.4) is 0 Å². The summed E-state index contributed by atoms with van der Waals surface area (Å²) in [6.07, 6.45) is 5.79. The number of nitrogens with zero attached hydrogens (tertiary/aromatic N) is 2. The third-order valence-corrected chi connectivity index (χ3v) is 3.91. The first-order chi connectivity index (χ1) is 10.3. The maximum atomic E-state index is 12.1. The summed E-state index contributed by atoms with van der Waals surface area (Å²) in [6.45, 7) is 7.59. The van der Waals surface area contributed by atoms with Crippen LogP contribution in [0, 0.1) is 0 Å². The number of amides is 1. The van der Waals surface area contributed by atoms with Crippen molar-refractivity contribution in [3.63, 3.8) is 0 Å². The average molecular weight is 309 g/mol. The van der Waals surface area contributed by atoms with E-state index in [-0.39, 0.29) is 18.2 Å². The fourth-order valence-electron chi connectivity index (χ4n) is 2.98. The molecule has 22 heavy (non-hydrogen) atoms. The van der Waals surface area contributed by atoms with E-state index in [0.717, 1.165) is 18.7 Å². The summed E-state index contributed by atoms with van der Waals surface area (Å²) in [4.78, 5) is 16.4. The summed E-state index contributed by atoms with van der Waals surface area (Å²) in [6, 6.07) is -0.0496. The highest BCUT2D eigenvalue weighted by Crippen LogP contribution is 2.30. The van der Waals surface area contributed by atoms with Crippen LogP contribution in [0.25, 0.3) is 0 Å². The number of ether oxygens (including phenoxy) is 1. The molecule has 1 aromatic heterocycles. The lowest BCUT2D eigenvalue weighted by Crippen LogP contribution is -2.47. The second kappa shape index (κ2) is 6.69. The molecule has 1 amide bonds. The molecular weight excluding hydrogens is 282 g/mol. The van der Waals surface area contributed by atoms with Gasteiger partial charge >= 0.3 is 6.09 Å². The maximum absolute atomic E-state index is 12.1. The molecule has 0 aromatic carbocycles. The van der Waals surface area contributed by atoms with Gasteiger partial charge in [-0.2, -0.15) is 0 Å². The summed E-state index contributed by atoms with van der Waals surface area (Å²) < 4.78 is 7.43. The van der Waals surface area contributed by atoms with Crippen LogP contribution in [-0.2, 0) is 11.2 Å². The van der Waals surface area contributed by atoms with Gasteiger partial charge in [0.1, 0.15) is 11.4 Å². The van der Waals surface area contributed by atoms with Crippen molar-refractivity contribution in [2.75, 3.05) is 0 Å². The monoisotopic (exact) mass is 309 g/mol. The normalized spacial score (nSPS) is 25.8. The SMILES string of the molecule is CCc1nccn1C1CC(O)CCC1NC(=O)OC(C)(C)C. The van der Waals surface area contributed by atoms with Gasteiger partial charge in [0.15, 0.2) is 0 Å². The molecule has 0 radical (unpaired) electrons. The smallest absolute Gasteiger partial charge is 0.407 e. The van der Waals surface area contributed by atoms with Crippen LogP contribution in [0.5, 0.6) is 0 Å². The van der Waals surface area contributed by atoms with Crippen molar-refractivity contribution in [2.45, 2.75) is 77.2 Å². The number of hydrogen-bond acceptors (Lipinski definition) is 4. The summed E-state index contributed by atoms with van der Waals surface area (Å²) >= 11 is 0. The van der Waals surface area contributed by atoms with Crippen molar-refractivity contribution in [2.24, 2.45) is 0 Å². The Morgan fingerprint density at radius 1 is 1.50 bits per heavy atom. The van der Waals surface area contributed by atoms with E-state index in [0.29, 0.717) is 12.8 Å². The van der Waals surface area contributed by atoms with Crippen LogP contribution in [0.15, 0.2) is 12.4 Å². The number of aliphatic hydroxyl groups excluding tert-OH is 1. The van der Waals surface area contributed by atoms with Gasteiger partial charge in [-0.3, -0.25) is 0 Å². The molecule has 1 aliphatic carbocycles. The van der Waals surface area contributed by atoms with Crippen molar-refractivity contribution < 1.29 is 14.6 Å². The third kappa shape index (κ3) is 4.22. The third-order valence-electron chi connectivity index (χ3n) is 3.91. The highest BCUT2D eigenvalue weighted by Gasteiger charge is 2.33. The van der Waals surface area contributed by atoms with Crippen molar-refractivity contribution in [1.82, 2.24) is 14.9 Å². The Morgan fingerprint density at radius 3 is 2.86 bits per heavy atom. The fourth-order valence-corrected chi connectivity index (χ4v) is 2.98. The van der Waals surface area contributed by atoms with Crippen LogP contribution in [-0.4, -0.2) is 38.5 Å². The molecule has 0 saturated heterocycles. The van der Waals surface area contributed by atoms with Crippen LogP contribution in [0.1, 0.15) is 58.8 Å². The van der Waals surface area contributed by atoms with Gasteiger partial charge in [-0.25, -0.2) is 9.78 Å². The first-order valence-electron chi connectivity index (χ1n) is 7.99. The van der Waals surface area contributed by atoms with Gasteiger partial charge < -0.3 is 19.7 Å². The Kier molecular flexibility index (Phi) is 5.11. The van der Waals surface area contributed by atoms with Crippen molar-refractivity contribution in [1.29, 1.82) is 0 Å². The second-order valence-electron chi connectivity index (χ2n) is 6.89. The Labute approximate surface area is 131 Å². The Bertz CT molecular complexity index is 507. The predicted octanol–water partition coefficient (Wildman–Crippen LogP) is 2.42. The van der Waals surface area contributed by atoms with Gasteiger partial charge in [0.05, 0.1) is 18.2 Å². The number of aliphatic hydroxyl groups is 1. The predicted molar refractivity (Wildman–Crippen MR) is 83.7 cm³/mol. The highest BCUT2D eigenvalue weighted by atomic mass is 16.6. The molecule has 2 rings (SSSR count). The number of alkyl carbamates (subject to hydrolysis) is 1. The summed E-state index contributed by atoms with van der Waals surface area (Å²) in [7, 11) is 0. The molecule has 3 atom stereocenters. The molecule has 1 saturated carbocycles. The molecule has 0 bridgehead atoms. The number of rotatable bonds is 3. The van der Waals surface area contributed by atoms with Gasteiger partial charge in [-0.05, 0) is 40.0 Å². The zero-order valence-electron chi connectivity index (χ0n) is 13.9. The van der Waals surface area contributed by atoms with Crippen LogP contribution in [0.4, 0.5) is 4.79 Å². The largest absolute Gasteiger partial charge is 0.444 e. The number of aryl methyl sites for hydroxylation is 1. The minimum Gasteiger partial charge on any atom is -0.444 e. The van der Waals surface area contributed by atoms with Gasteiger partial charge in [-0.1, -0.05) is 6.92 Å². The van der Waals surface area contributed by atoms with E-state index >= 15 is 0 Å². The number of hydrogen-bond donors (Lipinski definition) is 2. The minimum absolute atomic E-state index is 0.00807. The van der Waals surface area contributed by atoms with Gasteiger partial charge in [-0.15, -0.1) is 0 Å². The van der Waals surface area contributed by atoms with Gasteiger partial charge in [0.25, 0.3) is 0 Å². The molecule has 0 spiro atoms. The zero-order chi connectivity index (χ0) is 16.3. The van der Waals surface area contributed by atoms with E-state index in [4.69, 9.17) is 4.74 Å². The number of carbonyl (C=O) groups excluding carboxylic acids is 1. The fraction of sp³-hybridized carbons (Fsp3) is 0.750. The molecule has 1 aliphatic rings. The van der Waals surface area contributed by atoms with Crippen LogP contribution in [0.2, 0.25) is 0 Å². The van der Waals surface area contributed by atoms with Gasteiger partial charge in [0, 0.05) is 18.8 Å². The number of carbonyl (C=O) groups is 1. The first kappa shape index (κ1) is 16.8. The Balaban J connectivity index is 2.12. The van der Waals surface area contributed by atoms with Crippen molar-refractivity contribution >= 4 is 6.09 Å². The molecule has 124 valence electrons. The molecule has 1 aromatic rings. The molecule has 6 heteroatoms. The lowest BCUT2D eigenvalue weighted by molar-refractivity contribution is 0.0395. The lowest BCUT2D eigenvalue weighted by atomic mass is 9.88. The first-order valence-corrected chi connectivity index (χ1v) is 7.99. The average Bonchev–Trinajstić information content (AvgIpc) is 2.86. The quantitative estimate of drug-likeness (QED) is 0.899. The van der Waals surface area contributed by atoms with Gasteiger partial charge in [0.2, 0.25) is 0 Å². The number of imidazole rings is 1. The van der Waals surface area contributed by atoms with Crippen LogP contribution < -0.4 is 5.32 Å². The molecular formula is C16H27N3O3. The van der Waals surface area contributed by atoms with E-state index in [2.05, 4.69) is 14.9 Å². The molecule has 6 nitrogen and oxygen atoms in total. The number of nitrogens with one attached hydrogen (secondary N) is 1. The lowest BCUT2D eigenvalue weighted by Gasteiger charge is -2.36. The molecule has 1 fully saturated rings. The summed E-state index contributed by atoms with van der Waals surface area (Å²) in [5, 5.41) is 13.0. The maximum Gasteiger partial charge on any atom is 0.407 e. The molecule has 2 N–H and O–H groups in total. The van der Waals surface area contributed by atoms with Crippen molar-refractivity contribution in [3.05, 3.63) is 18.2 Å². The summed E-state index contributed by atoms with van der Waals surface area (Å²) in [5.41, 5.74) is -0.517. The zero-order valence-corrected chi connectivity index (χ0v) is 13.9. The Hall–Kier alpha value is -1.56. The van der Waals surface area contributed by atoms with Crippen LogP contribution >= 0.6 is 0 Å². The summed E-state index contributed by atoms with van der Waals surface area (Å²) in [5.74, 6) is 0.968. The Morgan fingerprint density at radius 2 is 2.23 bits per heavy atom. The van der Waals surface area contributed by atoms with E-state index in [1.807, 2.05) is 33.9 Å². The number of aromatic nitrogens is 2. The molecule has 3 unspecified atom stereocenters. The van der Waals surface area contributed by atoms with E-state index in [1.165, 1.54) is 0 Å². The van der Waals surface area contributed by atoms with E-state index < -0.39 is 11.7 Å². The molecule has 1 heterocycles. The standard InChI is InChI=1S/C16H27N3O3/c1-5-14-17-8-9-19(14)13-10-11(20)6-7-12(13)18-15(21)22-16(2,3)4/h8-9,11-13,20H,5-7,10H2,1-4H3,(H,18,21). The van der Waals surface area contributed by atoms with E-state index in [1.54, 1.807) is 6.20 Å². The second-order valence-corrected chi connectivity index (χ2v) is 6.89. The minimum atomic E-state index is -0.517. The highest BCUT2D eigenvalue weighted by molar-refractivity contribution is 5.68. The van der Waals surface area contributed by atoms with E-state index in [9.17, 15) is 9.90 Å².